The molecule has 1 aromatic carbocycles. The molecule has 6 nitrogen and oxygen atoms in total. The zero-order chi connectivity index (χ0) is 16.7. The number of anilines is 1. The van der Waals surface area contributed by atoms with Crippen molar-refractivity contribution in [1.29, 1.82) is 5.26 Å². The van der Waals surface area contributed by atoms with Crippen LogP contribution in [0.25, 0.3) is 0 Å². The van der Waals surface area contributed by atoms with Crippen LogP contribution in [0.3, 0.4) is 0 Å². The van der Waals surface area contributed by atoms with Gasteiger partial charge in [-0.3, -0.25) is 4.79 Å². The summed E-state index contributed by atoms with van der Waals surface area (Å²) in [4.78, 5) is 11.7. The zero-order valence-electron chi connectivity index (χ0n) is 13.0. The van der Waals surface area contributed by atoms with Gasteiger partial charge in [-0.15, -0.1) is 0 Å². The maximum atomic E-state index is 12.5. The molecule has 118 valence electrons. The average molecular weight is 321 g/mol. The van der Waals surface area contributed by atoms with Gasteiger partial charge >= 0.3 is 0 Å². The molecule has 0 bridgehead atoms. The molecule has 2 rings (SSSR count). The predicted octanol–water partition coefficient (Wildman–Crippen LogP) is 1.96. The molecule has 1 amide bonds. The van der Waals surface area contributed by atoms with Gasteiger partial charge in [0.1, 0.15) is 5.54 Å². The number of nitriles is 1. The van der Waals surface area contributed by atoms with E-state index in [0.717, 1.165) is 0 Å². The van der Waals surface area contributed by atoms with Gasteiger partial charge in [0.25, 0.3) is 0 Å². The van der Waals surface area contributed by atoms with Gasteiger partial charge in [-0.2, -0.15) is 9.98 Å². The summed E-state index contributed by atoms with van der Waals surface area (Å²) in [5, 5.41) is 12.0. The standard InChI is InChI=1S/C15H19N3O3S/c1-9(2)15(4,8-16)18-22(20,21)11-5-6-13-12(7-11)10(3)14(19)17-13/h5-7,9-10,18H,1-4H3,(H,17,19)/t10-,15+/m1/s1. The smallest absolute Gasteiger partial charge is 0.241 e. The molecule has 1 aromatic rings. The fraction of sp³-hybridized carbons (Fsp3) is 0.467. The summed E-state index contributed by atoms with van der Waals surface area (Å²) in [5.41, 5.74) is 0.0804. The van der Waals surface area contributed by atoms with Crippen LogP contribution in [-0.4, -0.2) is 19.9 Å². The molecule has 1 aliphatic rings. The van der Waals surface area contributed by atoms with Crippen molar-refractivity contribution in [2.24, 2.45) is 5.92 Å². The number of fused-ring (bicyclic) bond motifs is 1. The number of nitrogens with one attached hydrogen (secondary N) is 2. The van der Waals surface area contributed by atoms with Crippen molar-refractivity contribution < 1.29 is 13.2 Å². The molecule has 2 N–H and O–H groups in total. The van der Waals surface area contributed by atoms with Gasteiger partial charge in [0.15, 0.2) is 0 Å². The zero-order valence-corrected chi connectivity index (χ0v) is 13.8. The van der Waals surface area contributed by atoms with Crippen molar-refractivity contribution in [2.45, 2.75) is 44.0 Å². The first-order valence-electron chi connectivity index (χ1n) is 7.01. The number of nitrogens with zero attached hydrogens (tertiary/aromatic N) is 1. The fourth-order valence-corrected chi connectivity index (χ4v) is 3.66. The number of sulfonamides is 1. The molecular formula is C15H19N3O3S. The van der Waals surface area contributed by atoms with Crippen LogP contribution in [0.4, 0.5) is 5.69 Å². The number of hydrogen-bond donors (Lipinski definition) is 2. The van der Waals surface area contributed by atoms with Crippen molar-refractivity contribution in [3.63, 3.8) is 0 Å². The van der Waals surface area contributed by atoms with Gasteiger partial charge in [-0.25, -0.2) is 8.42 Å². The lowest BCUT2D eigenvalue weighted by molar-refractivity contribution is -0.116. The second kappa shape index (κ2) is 5.38. The minimum Gasteiger partial charge on any atom is -0.325 e. The molecule has 0 radical (unpaired) electrons. The van der Waals surface area contributed by atoms with Crippen LogP contribution in [0.15, 0.2) is 23.1 Å². The Hall–Kier alpha value is -1.91. The van der Waals surface area contributed by atoms with E-state index in [1.54, 1.807) is 33.8 Å². The molecule has 7 heteroatoms. The van der Waals surface area contributed by atoms with E-state index in [1.165, 1.54) is 12.1 Å². The van der Waals surface area contributed by atoms with E-state index in [2.05, 4.69) is 10.0 Å². The minimum atomic E-state index is -3.85. The van der Waals surface area contributed by atoms with Crippen LogP contribution in [-0.2, 0) is 14.8 Å². The highest BCUT2D eigenvalue weighted by atomic mass is 32.2. The number of carbonyl (C=O) groups is 1. The largest absolute Gasteiger partial charge is 0.325 e. The second-order valence-corrected chi connectivity index (χ2v) is 7.72. The first-order valence-corrected chi connectivity index (χ1v) is 8.49. The number of hydrogen-bond acceptors (Lipinski definition) is 4. The average Bonchev–Trinajstić information content (AvgIpc) is 2.73. The Morgan fingerprint density at radius 3 is 2.59 bits per heavy atom. The Labute approximate surface area is 130 Å². The van der Waals surface area contributed by atoms with Crippen LogP contribution in [0, 0.1) is 17.2 Å². The third kappa shape index (κ3) is 2.72. The van der Waals surface area contributed by atoms with Crippen molar-refractivity contribution in [2.75, 3.05) is 5.32 Å². The summed E-state index contributed by atoms with van der Waals surface area (Å²) >= 11 is 0. The quantitative estimate of drug-likeness (QED) is 0.885. The molecule has 0 fully saturated rings. The molecule has 22 heavy (non-hydrogen) atoms. The van der Waals surface area contributed by atoms with E-state index in [0.29, 0.717) is 11.3 Å². The summed E-state index contributed by atoms with van der Waals surface area (Å²) in [7, 11) is -3.85. The van der Waals surface area contributed by atoms with E-state index in [9.17, 15) is 18.5 Å². The number of amides is 1. The fourth-order valence-electron chi connectivity index (χ4n) is 2.17. The second-order valence-electron chi connectivity index (χ2n) is 6.03. The van der Waals surface area contributed by atoms with E-state index in [-0.39, 0.29) is 16.7 Å². The van der Waals surface area contributed by atoms with E-state index in [1.807, 2.05) is 6.07 Å². The van der Waals surface area contributed by atoms with Crippen molar-refractivity contribution in [3.8, 4) is 6.07 Å². The molecule has 1 aliphatic heterocycles. The molecule has 0 aliphatic carbocycles. The lowest BCUT2D eigenvalue weighted by atomic mass is 9.92. The SMILES string of the molecule is CC(C)[C@](C)(C#N)NS(=O)(=O)c1ccc2c(c1)[C@@H](C)C(=O)N2. The summed E-state index contributed by atoms with van der Waals surface area (Å²) in [5.74, 6) is -0.733. The first-order chi connectivity index (χ1) is 10.1. The number of rotatable bonds is 4. The Bertz CT molecular complexity index is 765. The van der Waals surface area contributed by atoms with Gasteiger partial charge in [0.2, 0.25) is 15.9 Å². The summed E-state index contributed by atoms with van der Waals surface area (Å²) < 4.78 is 27.5. The van der Waals surface area contributed by atoms with E-state index >= 15 is 0 Å². The van der Waals surface area contributed by atoms with Gasteiger partial charge in [-0.1, -0.05) is 13.8 Å². The maximum absolute atomic E-state index is 12.5. The highest BCUT2D eigenvalue weighted by molar-refractivity contribution is 7.89. The molecule has 0 saturated carbocycles. The Balaban J connectivity index is 2.41. The molecule has 1 heterocycles. The van der Waals surface area contributed by atoms with Gasteiger partial charge in [0, 0.05) is 5.69 Å². The van der Waals surface area contributed by atoms with Crippen LogP contribution in [0.2, 0.25) is 0 Å². The third-order valence-electron chi connectivity index (χ3n) is 4.18. The topological polar surface area (TPSA) is 99.1 Å². The lowest BCUT2D eigenvalue weighted by Crippen LogP contribution is -2.48. The Morgan fingerprint density at radius 1 is 1.41 bits per heavy atom. The molecule has 2 atom stereocenters. The van der Waals surface area contributed by atoms with Gasteiger partial charge in [-0.05, 0) is 43.5 Å². The van der Waals surface area contributed by atoms with Crippen LogP contribution < -0.4 is 10.0 Å². The summed E-state index contributed by atoms with van der Waals surface area (Å²) in [6, 6.07) is 6.50. The third-order valence-corrected chi connectivity index (χ3v) is 5.75. The summed E-state index contributed by atoms with van der Waals surface area (Å²) in [6.45, 7) is 6.83. The molecular weight excluding hydrogens is 302 g/mol. The van der Waals surface area contributed by atoms with Crippen LogP contribution in [0.5, 0.6) is 0 Å². The van der Waals surface area contributed by atoms with Gasteiger partial charge < -0.3 is 5.32 Å². The normalized spacial score (nSPS) is 20.2. The Kier molecular flexibility index (Phi) is 4.02. The minimum absolute atomic E-state index is 0.0525. The highest BCUT2D eigenvalue weighted by Crippen LogP contribution is 2.34. The maximum Gasteiger partial charge on any atom is 0.241 e. The monoisotopic (exact) mass is 321 g/mol. The van der Waals surface area contributed by atoms with Crippen molar-refractivity contribution in [3.05, 3.63) is 23.8 Å². The van der Waals surface area contributed by atoms with Crippen LogP contribution >= 0.6 is 0 Å². The summed E-state index contributed by atoms with van der Waals surface area (Å²) in [6.07, 6.45) is 0. The first kappa shape index (κ1) is 16.5. The molecule has 0 saturated heterocycles. The lowest BCUT2D eigenvalue weighted by Gasteiger charge is -2.27. The van der Waals surface area contributed by atoms with Crippen molar-refractivity contribution >= 4 is 21.6 Å². The molecule has 0 unspecified atom stereocenters. The van der Waals surface area contributed by atoms with Crippen molar-refractivity contribution in [1.82, 2.24) is 4.72 Å². The number of benzene rings is 1. The highest BCUT2D eigenvalue weighted by Gasteiger charge is 2.35. The van der Waals surface area contributed by atoms with Crippen LogP contribution in [0.1, 0.15) is 39.2 Å². The molecule has 0 aromatic heterocycles. The molecule has 0 spiro atoms. The van der Waals surface area contributed by atoms with E-state index < -0.39 is 21.5 Å². The van der Waals surface area contributed by atoms with Gasteiger partial charge in [0.05, 0.1) is 16.9 Å². The predicted molar refractivity (Wildman–Crippen MR) is 82.7 cm³/mol. The number of carbonyl (C=O) groups excluding carboxylic acids is 1. The Morgan fingerprint density at radius 2 is 2.05 bits per heavy atom. The van der Waals surface area contributed by atoms with E-state index in [4.69, 9.17) is 0 Å².